The first-order chi connectivity index (χ1) is 12.3. The third kappa shape index (κ3) is 5.57. The summed E-state index contributed by atoms with van der Waals surface area (Å²) in [5.41, 5.74) is 2.54. The van der Waals surface area contributed by atoms with Crippen LogP contribution in [0.4, 0.5) is 4.79 Å². The number of carbonyl (C=O) groups is 1. The van der Waals surface area contributed by atoms with Gasteiger partial charge in [0.15, 0.2) is 0 Å². The number of carbonyl (C=O) groups excluding carboxylic acids is 1. The maximum Gasteiger partial charge on any atom is 0.317 e. The highest BCUT2D eigenvalue weighted by atomic mass is 16.2. The summed E-state index contributed by atoms with van der Waals surface area (Å²) in [6.45, 7) is 5.01. The van der Waals surface area contributed by atoms with E-state index in [2.05, 4.69) is 45.5 Å². The Kier molecular flexibility index (Phi) is 6.40. The molecule has 0 saturated carbocycles. The predicted octanol–water partition coefficient (Wildman–Crippen LogP) is 2.54. The maximum absolute atomic E-state index is 12.3. The van der Waals surface area contributed by atoms with E-state index < -0.39 is 0 Å². The first-order valence-corrected chi connectivity index (χ1v) is 8.99. The monoisotopic (exact) mass is 338 g/mol. The number of piperazine rings is 1. The number of hydrogen-bond acceptors (Lipinski definition) is 3. The highest BCUT2D eigenvalue weighted by Gasteiger charge is 2.20. The van der Waals surface area contributed by atoms with Crippen molar-refractivity contribution in [3.63, 3.8) is 0 Å². The Morgan fingerprint density at radius 1 is 1.00 bits per heavy atom. The van der Waals surface area contributed by atoms with Crippen molar-refractivity contribution < 1.29 is 4.79 Å². The van der Waals surface area contributed by atoms with Gasteiger partial charge in [-0.2, -0.15) is 0 Å². The van der Waals surface area contributed by atoms with Crippen LogP contribution in [0.15, 0.2) is 54.9 Å². The fourth-order valence-electron chi connectivity index (χ4n) is 3.10. The number of nitrogens with one attached hydrogen (secondary N) is 1. The van der Waals surface area contributed by atoms with E-state index in [-0.39, 0.29) is 6.03 Å². The van der Waals surface area contributed by atoms with Gasteiger partial charge in [-0.3, -0.25) is 9.88 Å². The Labute approximate surface area is 149 Å². The Hall–Kier alpha value is -2.40. The van der Waals surface area contributed by atoms with Crippen LogP contribution < -0.4 is 5.32 Å². The zero-order chi connectivity index (χ0) is 17.3. The van der Waals surface area contributed by atoms with Crippen LogP contribution in [0.1, 0.15) is 17.5 Å². The predicted molar refractivity (Wildman–Crippen MR) is 99.2 cm³/mol. The van der Waals surface area contributed by atoms with Crippen LogP contribution in [0.3, 0.4) is 0 Å². The van der Waals surface area contributed by atoms with Crippen molar-refractivity contribution in [2.24, 2.45) is 0 Å². The second kappa shape index (κ2) is 9.18. The number of hydrogen-bond donors (Lipinski definition) is 1. The van der Waals surface area contributed by atoms with E-state index in [0.29, 0.717) is 0 Å². The number of aryl methyl sites for hydroxylation is 1. The first kappa shape index (κ1) is 17.4. The molecule has 2 amide bonds. The molecule has 1 aliphatic rings. The molecule has 132 valence electrons. The molecule has 1 aromatic heterocycles. The summed E-state index contributed by atoms with van der Waals surface area (Å²) < 4.78 is 0. The smallest absolute Gasteiger partial charge is 0.317 e. The molecule has 1 fully saturated rings. The summed E-state index contributed by atoms with van der Waals surface area (Å²) in [5.74, 6) is 0. The van der Waals surface area contributed by atoms with E-state index >= 15 is 0 Å². The molecule has 0 atom stereocenters. The van der Waals surface area contributed by atoms with Gasteiger partial charge in [0.1, 0.15) is 0 Å². The van der Waals surface area contributed by atoms with Crippen molar-refractivity contribution in [2.75, 3.05) is 32.7 Å². The molecule has 1 saturated heterocycles. The minimum absolute atomic E-state index is 0.0640. The summed E-state index contributed by atoms with van der Waals surface area (Å²) >= 11 is 0. The second-order valence-corrected chi connectivity index (χ2v) is 6.45. The van der Waals surface area contributed by atoms with Gasteiger partial charge in [-0.25, -0.2) is 4.79 Å². The molecule has 5 nitrogen and oxygen atoms in total. The SMILES string of the molecule is O=C(NCCCc1ccccc1)N1CCN(Cc2cccnc2)CC1. The van der Waals surface area contributed by atoms with E-state index in [1.807, 2.05) is 23.2 Å². The van der Waals surface area contributed by atoms with Gasteiger partial charge in [-0.05, 0) is 30.0 Å². The van der Waals surface area contributed by atoms with Crippen LogP contribution >= 0.6 is 0 Å². The molecule has 0 radical (unpaired) electrons. The molecule has 0 unspecified atom stereocenters. The van der Waals surface area contributed by atoms with Gasteiger partial charge in [0.2, 0.25) is 0 Å². The Morgan fingerprint density at radius 3 is 2.48 bits per heavy atom. The van der Waals surface area contributed by atoms with Crippen LogP contribution in [0.2, 0.25) is 0 Å². The molecule has 2 aromatic rings. The summed E-state index contributed by atoms with van der Waals surface area (Å²) in [5, 5.41) is 3.05. The molecule has 0 bridgehead atoms. The number of pyridine rings is 1. The van der Waals surface area contributed by atoms with Crippen LogP contribution in [0.5, 0.6) is 0 Å². The van der Waals surface area contributed by atoms with Crippen molar-refractivity contribution in [1.82, 2.24) is 20.1 Å². The topological polar surface area (TPSA) is 48.5 Å². The molecule has 3 rings (SSSR count). The standard InChI is InChI=1S/C20H26N4O/c25-20(22-11-5-8-18-6-2-1-3-7-18)24-14-12-23(13-15-24)17-19-9-4-10-21-16-19/h1-4,6-7,9-10,16H,5,8,11-15,17H2,(H,22,25). The second-order valence-electron chi connectivity index (χ2n) is 6.45. The Morgan fingerprint density at radius 2 is 1.76 bits per heavy atom. The number of urea groups is 1. The van der Waals surface area contributed by atoms with Crippen LogP contribution in [-0.4, -0.2) is 53.5 Å². The Balaban J connectivity index is 1.33. The maximum atomic E-state index is 12.3. The van der Waals surface area contributed by atoms with E-state index in [4.69, 9.17) is 0 Å². The lowest BCUT2D eigenvalue weighted by Crippen LogP contribution is -2.51. The lowest BCUT2D eigenvalue weighted by molar-refractivity contribution is 0.135. The Bertz CT molecular complexity index is 639. The zero-order valence-corrected chi connectivity index (χ0v) is 14.6. The molecule has 2 heterocycles. The van der Waals surface area contributed by atoms with Crippen molar-refractivity contribution in [2.45, 2.75) is 19.4 Å². The van der Waals surface area contributed by atoms with Gasteiger partial charge in [0.25, 0.3) is 0 Å². The molecule has 1 aliphatic heterocycles. The van der Waals surface area contributed by atoms with Gasteiger partial charge in [0, 0.05) is 51.7 Å². The zero-order valence-electron chi connectivity index (χ0n) is 14.6. The number of benzene rings is 1. The summed E-state index contributed by atoms with van der Waals surface area (Å²) in [6.07, 6.45) is 5.67. The van der Waals surface area contributed by atoms with Gasteiger partial charge in [-0.15, -0.1) is 0 Å². The van der Waals surface area contributed by atoms with E-state index in [9.17, 15) is 4.79 Å². The quantitative estimate of drug-likeness (QED) is 0.824. The number of amides is 2. The molecular formula is C20H26N4O. The van der Waals surface area contributed by atoms with Crippen molar-refractivity contribution in [3.8, 4) is 0 Å². The van der Waals surface area contributed by atoms with Crippen LogP contribution in [0.25, 0.3) is 0 Å². The van der Waals surface area contributed by atoms with E-state index in [1.54, 1.807) is 6.20 Å². The number of aromatic nitrogens is 1. The minimum atomic E-state index is 0.0640. The van der Waals surface area contributed by atoms with Gasteiger partial charge in [0.05, 0.1) is 0 Å². The number of nitrogens with zero attached hydrogens (tertiary/aromatic N) is 3. The summed E-state index contributed by atoms with van der Waals surface area (Å²) in [7, 11) is 0. The average molecular weight is 338 g/mol. The highest BCUT2D eigenvalue weighted by Crippen LogP contribution is 2.08. The normalized spacial score (nSPS) is 15.1. The molecule has 1 aromatic carbocycles. The first-order valence-electron chi connectivity index (χ1n) is 8.99. The van der Waals surface area contributed by atoms with Gasteiger partial charge in [-0.1, -0.05) is 36.4 Å². The summed E-state index contributed by atoms with van der Waals surface area (Å²) in [4.78, 5) is 20.7. The van der Waals surface area contributed by atoms with E-state index in [1.165, 1.54) is 11.1 Å². The van der Waals surface area contributed by atoms with Crippen molar-refractivity contribution >= 4 is 6.03 Å². The lowest BCUT2D eigenvalue weighted by atomic mass is 10.1. The van der Waals surface area contributed by atoms with Crippen molar-refractivity contribution in [1.29, 1.82) is 0 Å². The fourth-order valence-corrected chi connectivity index (χ4v) is 3.10. The molecule has 25 heavy (non-hydrogen) atoms. The molecule has 5 heteroatoms. The van der Waals surface area contributed by atoms with Crippen LogP contribution in [0, 0.1) is 0 Å². The van der Waals surface area contributed by atoms with Crippen LogP contribution in [-0.2, 0) is 13.0 Å². The van der Waals surface area contributed by atoms with Gasteiger partial charge < -0.3 is 10.2 Å². The molecule has 1 N–H and O–H groups in total. The largest absolute Gasteiger partial charge is 0.338 e. The molecular weight excluding hydrogens is 312 g/mol. The van der Waals surface area contributed by atoms with Crippen molar-refractivity contribution in [3.05, 3.63) is 66.0 Å². The lowest BCUT2D eigenvalue weighted by Gasteiger charge is -2.34. The summed E-state index contributed by atoms with van der Waals surface area (Å²) in [6, 6.07) is 14.5. The van der Waals surface area contributed by atoms with Gasteiger partial charge >= 0.3 is 6.03 Å². The third-order valence-corrected chi connectivity index (χ3v) is 4.55. The number of rotatable bonds is 6. The minimum Gasteiger partial charge on any atom is -0.338 e. The third-order valence-electron chi connectivity index (χ3n) is 4.55. The molecule has 0 spiro atoms. The highest BCUT2D eigenvalue weighted by molar-refractivity contribution is 5.74. The average Bonchev–Trinajstić information content (AvgIpc) is 2.67. The van der Waals surface area contributed by atoms with E-state index in [0.717, 1.165) is 52.1 Å². The fraction of sp³-hybridized carbons (Fsp3) is 0.400. The molecule has 0 aliphatic carbocycles.